The zero-order chi connectivity index (χ0) is 68.0. The standard InChI is InChI=1S/C73H142O17P2/c1-8-10-11-12-13-14-19-25-33-40-47-54-70(75)83-61-69(90-73(78)57-50-43-36-29-28-32-39-46-53-66(7)9-2)63-88-92(81,82)86-59-67(74)58-85-91(79,80)87-62-68(60-84-71(76)55-48-41-34-27-22-24-31-38-45-52-65(5)6)89-72(77)56-49-42-35-26-21-18-16-15-17-20-23-30-37-44-51-64(3)4/h64-69,74H,8-63H2,1-7H3,(H,79,80)(H,81,82)/t66?,67-,68-,69-/m1/s1. The number of hydrogen-bond donors (Lipinski definition) is 3. The van der Waals surface area contributed by atoms with E-state index < -0.39 is 97.5 Å². The van der Waals surface area contributed by atoms with Crippen molar-refractivity contribution in [3.05, 3.63) is 0 Å². The van der Waals surface area contributed by atoms with E-state index in [1.807, 2.05) is 0 Å². The Labute approximate surface area is 562 Å². The minimum absolute atomic E-state index is 0.105. The Hall–Kier alpha value is -1.94. The maximum atomic E-state index is 13.1. The Morgan fingerprint density at radius 2 is 0.554 bits per heavy atom. The van der Waals surface area contributed by atoms with Crippen LogP contribution < -0.4 is 0 Å². The number of hydrogen-bond acceptors (Lipinski definition) is 15. The predicted octanol–water partition coefficient (Wildman–Crippen LogP) is 21.0. The van der Waals surface area contributed by atoms with Gasteiger partial charge in [-0.2, -0.15) is 0 Å². The Morgan fingerprint density at radius 1 is 0.315 bits per heavy atom. The van der Waals surface area contributed by atoms with E-state index in [9.17, 15) is 43.2 Å². The number of rotatable bonds is 71. The van der Waals surface area contributed by atoms with Crippen molar-refractivity contribution in [2.24, 2.45) is 17.8 Å². The summed E-state index contributed by atoms with van der Waals surface area (Å²) in [7, 11) is -9.91. The van der Waals surface area contributed by atoms with Crippen LogP contribution in [0.15, 0.2) is 0 Å². The van der Waals surface area contributed by atoms with Crippen molar-refractivity contribution < 1.29 is 80.2 Å². The summed E-state index contributed by atoms with van der Waals surface area (Å²) in [5, 5.41) is 10.6. The summed E-state index contributed by atoms with van der Waals surface area (Å²) in [5.74, 6) is 0.186. The molecule has 0 aromatic heterocycles. The van der Waals surface area contributed by atoms with Crippen molar-refractivity contribution in [3.63, 3.8) is 0 Å². The first kappa shape index (κ1) is 90.1. The Kier molecular flexibility index (Phi) is 62.4. The van der Waals surface area contributed by atoms with Crippen LogP contribution in [0, 0.1) is 17.8 Å². The number of aliphatic hydroxyl groups excluding tert-OH is 1. The topological polar surface area (TPSA) is 237 Å². The van der Waals surface area contributed by atoms with E-state index in [1.54, 1.807) is 0 Å². The molecule has 0 aromatic carbocycles. The molecule has 0 aliphatic rings. The summed E-state index contributed by atoms with van der Waals surface area (Å²) in [6, 6.07) is 0. The van der Waals surface area contributed by atoms with Gasteiger partial charge in [0.1, 0.15) is 19.3 Å². The van der Waals surface area contributed by atoms with Gasteiger partial charge in [0.05, 0.1) is 26.4 Å². The molecule has 0 spiro atoms. The van der Waals surface area contributed by atoms with Gasteiger partial charge >= 0.3 is 39.5 Å². The molecule has 0 saturated carbocycles. The number of esters is 4. The average molecular weight is 1350 g/mol. The molecule has 0 amide bonds. The van der Waals surface area contributed by atoms with Crippen molar-refractivity contribution in [1.29, 1.82) is 0 Å². The molecule has 92 heavy (non-hydrogen) atoms. The first-order chi connectivity index (χ1) is 44.3. The van der Waals surface area contributed by atoms with E-state index in [0.717, 1.165) is 108 Å². The van der Waals surface area contributed by atoms with Crippen LogP contribution in [0.5, 0.6) is 0 Å². The molecule has 0 radical (unpaired) electrons. The summed E-state index contributed by atoms with van der Waals surface area (Å²) in [6.45, 7) is 11.9. The summed E-state index contributed by atoms with van der Waals surface area (Å²) in [5.41, 5.74) is 0. The number of ether oxygens (including phenoxy) is 4. The highest BCUT2D eigenvalue weighted by Gasteiger charge is 2.30. The Bertz CT molecular complexity index is 1800. The quantitative estimate of drug-likeness (QED) is 0.0222. The minimum Gasteiger partial charge on any atom is -0.462 e. The van der Waals surface area contributed by atoms with Gasteiger partial charge in [-0.3, -0.25) is 37.3 Å². The van der Waals surface area contributed by atoms with Crippen LogP contribution in [0.3, 0.4) is 0 Å². The summed E-state index contributed by atoms with van der Waals surface area (Å²) >= 11 is 0. The monoisotopic (exact) mass is 1350 g/mol. The molecule has 19 heteroatoms. The lowest BCUT2D eigenvalue weighted by molar-refractivity contribution is -0.161. The highest BCUT2D eigenvalue weighted by atomic mass is 31.2. The number of phosphoric ester groups is 2. The van der Waals surface area contributed by atoms with E-state index in [0.29, 0.717) is 25.7 Å². The molecule has 0 aromatic rings. The van der Waals surface area contributed by atoms with Crippen LogP contribution in [-0.4, -0.2) is 96.7 Å². The lowest BCUT2D eigenvalue weighted by atomic mass is 9.99. The highest BCUT2D eigenvalue weighted by Crippen LogP contribution is 2.45. The van der Waals surface area contributed by atoms with Crippen LogP contribution in [0.4, 0.5) is 0 Å². The lowest BCUT2D eigenvalue weighted by Crippen LogP contribution is -2.30. The second-order valence-electron chi connectivity index (χ2n) is 27.5. The minimum atomic E-state index is -4.95. The maximum Gasteiger partial charge on any atom is 0.472 e. The Balaban J connectivity index is 5.25. The van der Waals surface area contributed by atoms with Gasteiger partial charge in [0.15, 0.2) is 12.2 Å². The second kappa shape index (κ2) is 63.8. The summed E-state index contributed by atoms with van der Waals surface area (Å²) < 4.78 is 68.4. The zero-order valence-electron chi connectivity index (χ0n) is 60.0. The van der Waals surface area contributed by atoms with Gasteiger partial charge in [-0.05, 0) is 43.4 Å². The van der Waals surface area contributed by atoms with Crippen LogP contribution in [0.25, 0.3) is 0 Å². The molecule has 0 fully saturated rings. The van der Waals surface area contributed by atoms with Crippen molar-refractivity contribution in [2.45, 2.75) is 388 Å². The molecule has 6 atom stereocenters. The molecule has 0 aliphatic carbocycles. The van der Waals surface area contributed by atoms with Crippen molar-refractivity contribution in [3.8, 4) is 0 Å². The highest BCUT2D eigenvalue weighted by molar-refractivity contribution is 7.47. The van der Waals surface area contributed by atoms with Gasteiger partial charge in [0.25, 0.3) is 0 Å². The number of carbonyl (C=O) groups excluding carboxylic acids is 4. The van der Waals surface area contributed by atoms with Gasteiger partial charge in [0.2, 0.25) is 0 Å². The molecule has 17 nitrogen and oxygen atoms in total. The third-order valence-corrected chi connectivity index (χ3v) is 19.1. The van der Waals surface area contributed by atoms with Gasteiger partial charge in [-0.15, -0.1) is 0 Å². The third-order valence-electron chi connectivity index (χ3n) is 17.2. The number of phosphoric acid groups is 2. The molecule has 3 N–H and O–H groups in total. The average Bonchev–Trinajstić information content (AvgIpc) is 1.50. The van der Waals surface area contributed by atoms with Crippen LogP contribution in [0.2, 0.25) is 0 Å². The fourth-order valence-electron chi connectivity index (χ4n) is 11.0. The molecule has 546 valence electrons. The van der Waals surface area contributed by atoms with Gasteiger partial charge in [-0.1, -0.05) is 318 Å². The van der Waals surface area contributed by atoms with Crippen LogP contribution >= 0.6 is 15.6 Å². The van der Waals surface area contributed by atoms with Gasteiger partial charge < -0.3 is 33.8 Å². The van der Waals surface area contributed by atoms with Crippen LogP contribution in [0.1, 0.15) is 370 Å². The normalized spacial score (nSPS) is 14.4. The zero-order valence-corrected chi connectivity index (χ0v) is 61.8. The molecule has 0 heterocycles. The van der Waals surface area contributed by atoms with Gasteiger partial charge in [0, 0.05) is 25.7 Å². The summed E-state index contributed by atoms with van der Waals surface area (Å²) in [4.78, 5) is 72.7. The molecule has 0 bridgehead atoms. The van der Waals surface area contributed by atoms with E-state index in [4.69, 9.17) is 37.0 Å². The SMILES string of the molecule is CCCCCCCCCCCCCC(=O)OC[C@H](COP(=O)(O)OC[C@H](O)COP(=O)(O)OC[C@@H](COC(=O)CCCCCCCCCCCC(C)C)OC(=O)CCCCCCCCCCCCCCCCC(C)C)OC(=O)CCCCCCCCCCC(C)CC. The van der Waals surface area contributed by atoms with Crippen molar-refractivity contribution in [1.82, 2.24) is 0 Å². The maximum absolute atomic E-state index is 13.1. The smallest absolute Gasteiger partial charge is 0.462 e. The van der Waals surface area contributed by atoms with E-state index in [-0.39, 0.29) is 25.7 Å². The molecule has 0 aliphatic heterocycles. The summed E-state index contributed by atoms with van der Waals surface area (Å²) in [6.07, 6.45) is 48.4. The lowest BCUT2D eigenvalue weighted by Gasteiger charge is -2.21. The number of carbonyl (C=O) groups is 4. The van der Waals surface area contributed by atoms with Crippen molar-refractivity contribution in [2.75, 3.05) is 39.6 Å². The first-order valence-corrected chi connectivity index (χ1v) is 40.9. The first-order valence-electron chi connectivity index (χ1n) is 37.9. The Morgan fingerprint density at radius 3 is 0.826 bits per heavy atom. The van der Waals surface area contributed by atoms with Gasteiger partial charge in [-0.25, -0.2) is 9.13 Å². The fraction of sp³-hybridized carbons (Fsp3) is 0.945. The van der Waals surface area contributed by atoms with E-state index >= 15 is 0 Å². The molecular weight excluding hydrogens is 1210 g/mol. The van der Waals surface area contributed by atoms with E-state index in [1.165, 1.54) is 180 Å². The molecule has 0 saturated heterocycles. The number of unbranched alkanes of at least 4 members (excludes halogenated alkanes) is 38. The van der Waals surface area contributed by atoms with Crippen molar-refractivity contribution >= 4 is 39.5 Å². The number of aliphatic hydroxyl groups is 1. The third kappa shape index (κ3) is 65.4. The largest absolute Gasteiger partial charge is 0.472 e. The molecule has 0 rings (SSSR count). The van der Waals surface area contributed by atoms with E-state index in [2.05, 4.69) is 48.5 Å². The molecular formula is C73H142O17P2. The predicted molar refractivity (Wildman–Crippen MR) is 372 cm³/mol. The second-order valence-corrected chi connectivity index (χ2v) is 30.4. The molecule has 3 unspecified atom stereocenters. The van der Waals surface area contributed by atoms with Crippen LogP contribution in [-0.2, 0) is 65.4 Å². The fourth-order valence-corrected chi connectivity index (χ4v) is 12.6.